The van der Waals surface area contributed by atoms with Crippen LogP contribution in [-0.4, -0.2) is 29.0 Å². The Kier molecular flexibility index (Phi) is 5.90. The lowest BCUT2D eigenvalue weighted by Crippen LogP contribution is -2.12. The van der Waals surface area contributed by atoms with Gasteiger partial charge in [-0.1, -0.05) is 0 Å². The summed E-state index contributed by atoms with van der Waals surface area (Å²) in [4.78, 5) is 19.1. The molecule has 1 aromatic rings. The quantitative estimate of drug-likeness (QED) is 0.605. The molecule has 1 heterocycles. The highest BCUT2D eigenvalue weighted by atomic mass is 16.1. The van der Waals surface area contributed by atoms with Crippen LogP contribution in [0.2, 0.25) is 0 Å². The fourth-order valence-electron chi connectivity index (χ4n) is 1.50. The lowest BCUT2D eigenvalue weighted by atomic mass is 10.2. The number of primary amides is 1. The third-order valence-electron chi connectivity index (χ3n) is 2.45. The van der Waals surface area contributed by atoms with Gasteiger partial charge in [0.25, 0.3) is 0 Å². The van der Waals surface area contributed by atoms with Crippen molar-refractivity contribution in [2.75, 3.05) is 23.7 Å². The molecule has 18 heavy (non-hydrogen) atoms. The maximum absolute atomic E-state index is 10.6. The summed E-state index contributed by atoms with van der Waals surface area (Å²) in [6.07, 6.45) is 3.92. The number of unbranched alkanes of at least 4 members (excludes halogenated alkanes) is 1. The van der Waals surface area contributed by atoms with Crippen LogP contribution in [0.3, 0.4) is 0 Å². The third-order valence-corrected chi connectivity index (χ3v) is 2.45. The molecule has 1 amide bonds. The van der Waals surface area contributed by atoms with E-state index in [2.05, 4.69) is 20.6 Å². The molecule has 0 atom stereocenters. The van der Waals surface area contributed by atoms with E-state index >= 15 is 0 Å². The molecular formula is C12H21N5O. The summed E-state index contributed by atoms with van der Waals surface area (Å²) in [5, 5.41) is 6.31. The van der Waals surface area contributed by atoms with Crippen LogP contribution < -0.4 is 16.4 Å². The lowest BCUT2D eigenvalue weighted by molar-refractivity contribution is -0.118. The Hall–Kier alpha value is -1.85. The Morgan fingerprint density at radius 2 is 2.17 bits per heavy atom. The number of amides is 1. The number of anilines is 2. The van der Waals surface area contributed by atoms with E-state index < -0.39 is 0 Å². The van der Waals surface area contributed by atoms with E-state index in [9.17, 15) is 4.79 Å². The number of rotatable bonds is 8. The number of carbonyl (C=O) groups is 1. The monoisotopic (exact) mass is 251 g/mol. The summed E-state index contributed by atoms with van der Waals surface area (Å²) in [5.41, 5.74) is 6.08. The highest BCUT2D eigenvalue weighted by Crippen LogP contribution is 2.12. The molecule has 100 valence electrons. The zero-order valence-electron chi connectivity index (χ0n) is 11.0. The molecule has 6 heteroatoms. The number of hydrogen-bond acceptors (Lipinski definition) is 5. The predicted molar refractivity (Wildman–Crippen MR) is 72.5 cm³/mol. The molecule has 0 bridgehead atoms. The molecule has 0 aliphatic carbocycles. The summed E-state index contributed by atoms with van der Waals surface area (Å²) >= 11 is 0. The van der Waals surface area contributed by atoms with Gasteiger partial charge in [-0.2, -0.15) is 4.98 Å². The number of carbonyl (C=O) groups excluding carboxylic acids is 1. The van der Waals surface area contributed by atoms with Gasteiger partial charge in [-0.15, -0.1) is 0 Å². The van der Waals surface area contributed by atoms with Gasteiger partial charge in [0.2, 0.25) is 11.9 Å². The van der Waals surface area contributed by atoms with Gasteiger partial charge in [0.15, 0.2) is 0 Å². The van der Waals surface area contributed by atoms with Gasteiger partial charge in [-0.3, -0.25) is 4.79 Å². The van der Waals surface area contributed by atoms with Crippen molar-refractivity contribution in [2.45, 2.75) is 33.1 Å². The minimum Gasteiger partial charge on any atom is -0.370 e. The van der Waals surface area contributed by atoms with Gasteiger partial charge >= 0.3 is 0 Å². The normalized spacial score (nSPS) is 10.1. The predicted octanol–water partition coefficient (Wildman–Crippen LogP) is 1.28. The summed E-state index contributed by atoms with van der Waals surface area (Å²) in [5.74, 6) is 1.21. The van der Waals surface area contributed by atoms with E-state index in [0.717, 1.165) is 37.3 Å². The molecule has 0 aliphatic heterocycles. The summed E-state index contributed by atoms with van der Waals surface area (Å²) in [6.45, 7) is 5.53. The van der Waals surface area contributed by atoms with Crippen molar-refractivity contribution in [1.29, 1.82) is 0 Å². The zero-order valence-corrected chi connectivity index (χ0v) is 11.0. The highest BCUT2D eigenvalue weighted by molar-refractivity contribution is 5.73. The Bertz CT molecular complexity index is 394. The van der Waals surface area contributed by atoms with Crippen molar-refractivity contribution >= 4 is 17.7 Å². The van der Waals surface area contributed by atoms with E-state index in [-0.39, 0.29) is 5.91 Å². The van der Waals surface area contributed by atoms with Crippen molar-refractivity contribution in [3.05, 3.63) is 11.8 Å². The summed E-state index contributed by atoms with van der Waals surface area (Å²) < 4.78 is 0. The minimum atomic E-state index is -0.248. The van der Waals surface area contributed by atoms with Gasteiger partial charge < -0.3 is 16.4 Å². The molecule has 0 fully saturated rings. The molecule has 0 spiro atoms. The molecule has 0 unspecified atom stereocenters. The van der Waals surface area contributed by atoms with Crippen molar-refractivity contribution in [3.8, 4) is 0 Å². The second kappa shape index (κ2) is 7.47. The standard InChI is InChI=1S/C12H21N5O/c1-3-14-12-16-8-9(2)11(17-12)15-7-5-4-6-10(13)18/h8H,3-7H2,1-2H3,(H2,13,18)(H2,14,15,16,17). The second-order valence-corrected chi connectivity index (χ2v) is 4.11. The Labute approximate surface area is 107 Å². The molecule has 0 saturated heterocycles. The first-order valence-electron chi connectivity index (χ1n) is 6.23. The van der Waals surface area contributed by atoms with Crippen molar-refractivity contribution in [1.82, 2.24) is 9.97 Å². The molecule has 1 aromatic heterocycles. The maximum Gasteiger partial charge on any atom is 0.224 e. The molecule has 0 radical (unpaired) electrons. The molecule has 0 aliphatic rings. The van der Waals surface area contributed by atoms with E-state index in [1.165, 1.54) is 0 Å². The van der Waals surface area contributed by atoms with Crippen molar-refractivity contribution < 1.29 is 4.79 Å². The maximum atomic E-state index is 10.6. The van der Waals surface area contributed by atoms with Crippen LogP contribution in [0.25, 0.3) is 0 Å². The van der Waals surface area contributed by atoms with E-state index in [1.807, 2.05) is 13.8 Å². The fraction of sp³-hybridized carbons (Fsp3) is 0.583. The SMILES string of the molecule is CCNc1ncc(C)c(NCCCCC(N)=O)n1. The van der Waals surface area contributed by atoms with Crippen LogP contribution in [0.1, 0.15) is 31.7 Å². The average molecular weight is 251 g/mol. The molecule has 0 aromatic carbocycles. The fourth-order valence-corrected chi connectivity index (χ4v) is 1.50. The van der Waals surface area contributed by atoms with Gasteiger partial charge in [0, 0.05) is 31.3 Å². The third kappa shape index (κ3) is 4.99. The van der Waals surface area contributed by atoms with Gasteiger partial charge in [0.05, 0.1) is 0 Å². The first kappa shape index (κ1) is 14.2. The molecular weight excluding hydrogens is 230 g/mol. The molecule has 4 N–H and O–H groups in total. The number of nitrogens with zero attached hydrogens (tertiary/aromatic N) is 2. The Morgan fingerprint density at radius 3 is 2.83 bits per heavy atom. The summed E-state index contributed by atoms with van der Waals surface area (Å²) in [6, 6.07) is 0. The van der Waals surface area contributed by atoms with E-state index in [4.69, 9.17) is 5.73 Å². The first-order valence-corrected chi connectivity index (χ1v) is 6.23. The van der Waals surface area contributed by atoms with Gasteiger partial charge in [-0.25, -0.2) is 4.98 Å². The van der Waals surface area contributed by atoms with Crippen LogP contribution in [-0.2, 0) is 4.79 Å². The van der Waals surface area contributed by atoms with Crippen LogP contribution in [0.4, 0.5) is 11.8 Å². The van der Waals surface area contributed by atoms with E-state index in [1.54, 1.807) is 6.20 Å². The number of hydrogen-bond donors (Lipinski definition) is 3. The largest absolute Gasteiger partial charge is 0.370 e. The van der Waals surface area contributed by atoms with Gasteiger partial charge in [-0.05, 0) is 26.7 Å². The van der Waals surface area contributed by atoms with E-state index in [0.29, 0.717) is 12.4 Å². The van der Waals surface area contributed by atoms with Crippen LogP contribution >= 0.6 is 0 Å². The molecule has 0 saturated carbocycles. The summed E-state index contributed by atoms with van der Waals surface area (Å²) in [7, 11) is 0. The number of aryl methyl sites for hydroxylation is 1. The lowest BCUT2D eigenvalue weighted by Gasteiger charge is -2.09. The van der Waals surface area contributed by atoms with Crippen LogP contribution in [0.15, 0.2) is 6.20 Å². The van der Waals surface area contributed by atoms with Gasteiger partial charge in [0.1, 0.15) is 5.82 Å². The van der Waals surface area contributed by atoms with Crippen LogP contribution in [0.5, 0.6) is 0 Å². The highest BCUT2D eigenvalue weighted by Gasteiger charge is 2.02. The van der Waals surface area contributed by atoms with Crippen molar-refractivity contribution in [3.63, 3.8) is 0 Å². The Balaban J connectivity index is 2.40. The Morgan fingerprint density at radius 1 is 1.39 bits per heavy atom. The topological polar surface area (TPSA) is 92.9 Å². The average Bonchev–Trinajstić information content (AvgIpc) is 2.32. The molecule has 6 nitrogen and oxygen atoms in total. The second-order valence-electron chi connectivity index (χ2n) is 4.11. The number of nitrogens with two attached hydrogens (primary N) is 1. The van der Waals surface area contributed by atoms with Crippen LogP contribution in [0, 0.1) is 6.92 Å². The van der Waals surface area contributed by atoms with Crippen molar-refractivity contribution in [2.24, 2.45) is 5.73 Å². The smallest absolute Gasteiger partial charge is 0.224 e. The first-order chi connectivity index (χ1) is 8.63. The zero-order chi connectivity index (χ0) is 13.4. The minimum absolute atomic E-state index is 0.248. The molecule has 1 rings (SSSR count). The number of aromatic nitrogens is 2. The number of nitrogens with one attached hydrogen (secondary N) is 2.